The molecule has 0 aromatic carbocycles. The highest BCUT2D eigenvalue weighted by Gasteiger charge is 2.20. The van der Waals surface area contributed by atoms with E-state index in [0.29, 0.717) is 5.76 Å². The molecule has 1 N–H and O–H groups in total. The SMILES string of the molecule is CCC(CC)n1ncc(C)c1NC(=O)c1ccc(CN2CCCC2)o1. The number of hydrogen-bond acceptors (Lipinski definition) is 4. The van der Waals surface area contributed by atoms with Gasteiger partial charge in [0.25, 0.3) is 5.91 Å². The quantitative estimate of drug-likeness (QED) is 0.825. The fraction of sp³-hybridized carbons (Fsp3) is 0.579. The Labute approximate surface area is 149 Å². The zero-order chi connectivity index (χ0) is 17.8. The van der Waals surface area contributed by atoms with Crippen LogP contribution in [0.1, 0.15) is 67.5 Å². The van der Waals surface area contributed by atoms with Crippen molar-refractivity contribution in [3.05, 3.63) is 35.4 Å². The van der Waals surface area contributed by atoms with Gasteiger partial charge >= 0.3 is 0 Å². The van der Waals surface area contributed by atoms with E-state index >= 15 is 0 Å². The fourth-order valence-electron chi connectivity index (χ4n) is 3.43. The van der Waals surface area contributed by atoms with Gasteiger partial charge < -0.3 is 9.73 Å². The molecule has 2 aromatic rings. The standard InChI is InChI=1S/C19H28N4O2/c1-4-15(5-2)23-18(14(3)12-20-23)21-19(24)17-9-8-16(25-17)13-22-10-6-7-11-22/h8-9,12,15H,4-7,10-11,13H2,1-3H3,(H,21,24). The lowest BCUT2D eigenvalue weighted by atomic mass is 10.2. The molecule has 3 rings (SSSR count). The molecular weight excluding hydrogens is 316 g/mol. The van der Waals surface area contributed by atoms with Crippen LogP contribution in [0.15, 0.2) is 22.7 Å². The average molecular weight is 344 g/mol. The molecule has 0 atom stereocenters. The van der Waals surface area contributed by atoms with Crippen LogP contribution in [0.25, 0.3) is 0 Å². The Balaban J connectivity index is 1.70. The third-order valence-electron chi connectivity index (χ3n) is 4.96. The molecule has 0 radical (unpaired) electrons. The number of rotatable bonds is 7. The van der Waals surface area contributed by atoms with Gasteiger partial charge in [-0.25, -0.2) is 4.68 Å². The summed E-state index contributed by atoms with van der Waals surface area (Å²) in [5.74, 6) is 1.74. The van der Waals surface area contributed by atoms with Gasteiger partial charge in [0.2, 0.25) is 0 Å². The first-order chi connectivity index (χ1) is 12.1. The monoisotopic (exact) mass is 344 g/mol. The molecule has 0 aliphatic carbocycles. The molecule has 0 unspecified atom stereocenters. The molecule has 6 nitrogen and oxygen atoms in total. The number of carbonyl (C=O) groups is 1. The second-order valence-electron chi connectivity index (χ2n) is 6.79. The summed E-state index contributed by atoms with van der Waals surface area (Å²) in [5, 5.41) is 7.43. The van der Waals surface area contributed by atoms with Gasteiger partial charge in [-0.2, -0.15) is 5.10 Å². The van der Waals surface area contributed by atoms with Gasteiger partial charge in [0, 0.05) is 5.56 Å². The number of nitrogens with zero attached hydrogens (tertiary/aromatic N) is 3. The Morgan fingerprint density at radius 1 is 1.28 bits per heavy atom. The molecule has 0 bridgehead atoms. The molecule has 136 valence electrons. The molecule has 1 saturated heterocycles. The maximum absolute atomic E-state index is 12.6. The first-order valence-corrected chi connectivity index (χ1v) is 9.28. The largest absolute Gasteiger partial charge is 0.455 e. The van der Waals surface area contributed by atoms with Crippen molar-refractivity contribution in [1.29, 1.82) is 0 Å². The summed E-state index contributed by atoms with van der Waals surface area (Å²) < 4.78 is 7.68. The van der Waals surface area contributed by atoms with Gasteiger partial charge in [0.1, 0.15) is 11.6 Å². The minimum Gasteiger partial charge on any atom is -0.455 e. The van der Waals surface area contributed by atoms with E-state index in [2.05, 4.69) is 29.2 Å². The summed E-state index contributed by atoms with van der Waals surface area (Å²) in [6, 6.07) is 3.94. The second kappa shape index (κ2) is 7.87. The van der Waals surface area contributed by atoms with E-state index in [1.807, 2.05) is 17.7 Å². The van der Waals surface area contributed by atoms with Gasteiger partial charge in [-0.15, -0.1) is 0 Å². The van der Waals surface area contributed by atoms with Crippen molar-refractivity contribution in [3.8, 4) is 0 Å². The van der Waals surface area contributed by atoms with E-state index in [1.165, 1.54) is 12.8 Å². The van der Waals surface area contributed by atoms with E-state index in [0.717, 1.165) is 49.6 Å². The van der Waals surface area contributed by atoms with Crippen LogP contribution in [-0.4, -0.2) is 33.7 Å². The summed E-state index contributed by atoms with van der Waals surface area (Å²) in [6.45, 7) is 9.22. The highest BCUT2D eigenvalue weighted by molar-refractivity contribution is 6.02. The fourth-order valence-corrected chi connectivity index (χ4v) is 3.43. The molecule has 3 heterocycles. The topological polar surface area (TPSA) is 63.3 Å². The van der Waals surface area contributed by atoms with E-state index in [-0.39, 0.29) is 11.9 Å². The number of aryl methyl sites for hydroxylation is 1. The lowest BCUT2D eigenvalue weighted by Gasteiger charge is -2.17. The predicted octanol–water partition coefficient (Wildman–Crippen LogP) is 3.99. The van der Waals surface area contributed by atoms with Crippen molar-refractivity contribution in [1.82, 2.24) is 14.7 Å². The number of aromatic nitrogens is 2. The van der Waals surface area contributed by atoms with Crippen LogP contribution in [0.5, 0.6) is 0 Å². The second-order valence-corrected chi connectivity index (χ2v) is 6.79. The van der Waals surface area contributed by atoms with Crippen LogP contribution in [0.3, 0.4) is 0 Å². The molecule has 25 heavy (non-hydrogen) atoms. The van der Waals surface area contributed by atoms with E-state index < -0.39 is 0 Å². The first-order valence-electron chi connectivity index (χ1n) is 9.28. The summed E-state index contributed by atoms with van der Waals surface area (Å²) in [4.78, 5) is 15.0. The number of carbonyl (C=O) groups excluding carboxylic acids is 1. The Bertz CT molecular complexity index is 709. The van der Waals surface area contributed by atoms with Crippen LogP contribution in [0.4, 0.5) is 5.82 Å². The third kappa shape index (κ3) is 3.95. The van der Waals surface area contributed by atoms with Crippen LogP contribution in [0.2, 0.25) is 0 Å². The highest BCUT2D eigenvalue weighted by Crippen LogP contribution is 2.24. The van der Waals surface area contributed by atoms with Crippen LogP contribution >= 0.6 is 0 Å². The Morgan fingerprint density at radius 3 is 2.68 bits per heavy atom. The molecule has 1 aliphatic rings. The smallest absolute Gasteiger partial charge is 0.292 e. The maximum Gasteiger partial charge on any atom is 0.292 e. The predicted molar refractivity (Wildman–Crippen MR) is 97.8 cm³/mol. The lowest BCUT2D eigenvalue weighted by molar-refractivity contribution is 0.0992. The Hall–Kier alpha value is -2.08. The molecule has 6 heteroatoms. The molecule has 1 fully saturated rings. The minimum atomic E-state index is -0.219. The normalized spacial score (nSPS) is 15.2. The molecule has 2 aromatic heterocycles. The molecular formula is C19H28N4O2. The number of hydrogen-bond donors (Lipinski definition) is 1. The average Bonchev–Trinajstić information content (AvgIpc) is 3.34. The first kappa shape index (κ1) is 17.7. The number of likely N-dealkylation sites (tertiary alicyclic amines) is 1. The van der Waals surface area contributed by atoms with Gasteiger partial charge in [-0.3, -0.25) is 9.69 Å². The zero-order valence-electron chi connectivity index (χ0n) is 15.4. The number of anilines is 1. The van der Waals surface area contributed by atoms with Crippen LogP contribution < -0.4 is 5.32 Å². The van der Waals surface area contributed by atoms with E-state index in [1.54, 1.807) is 12.3 Å². The summed E-state index contributed by atoms with van der Waals surface area (Å²) >= 11 is 0. The van der Waals surface area contributed by atoms with Crippen molar-refractivity contribution in [2.75, 3.05) is 18.4 Å². The summed E-state index contributed by atoms with van der Waals surface area (Å²) in [7, 11) is 0. The van der Waals surface area contributed by atoms with Crippen molar-refractivity contribution in [2.45, 2.75) is 59.0 Å². The number of nitrogens with one attached hydrogen (secondary N) is 1. The molecule has 0 saturated carbocycles. The summed E-state index contributed by atoms with van der Waals surface area (Å²) in [6.07, 6.45) is 6.23. The van der Waals surface area contributed by atoms with Crippen molar-refractivity contribution < 1.29 is 9.21 Å². The zero-order valence-corrected chi connectivity index (χ0v) is 15.4. The van der Waals surface area contributed by atoms with Crippen molar-refractivity contribution >= 4 is 11.7 Å². The molecule has 1 aliphatic heterocycles. The van der Waals surface area contributed by atoms with Gasteiger partial charge in [0.05, 0.1) is 18.8 Å². The molecule has 0 spiro atoms. The van der Waals surface area contributed by atoms with Crippen LogP contribution in [0, 0.1) is 6.92 Å². The van der Waals surface area contributed by atoms with Gasteiger partial charge in [-0.05, 0) is 57.8 Å². The van der Waals surface area contributed by atoms with Crippen LogP contribution in [-0.2, 0) is 6.54 Å². The van der Waals surface area contributed by atoms with E-state index in [4.69, 9.17) is 4.42 Å². The highest BCUT2D eigenvalue weighted by atomic mass is 16.4. The lowest BCUT2D eigenvalue weighted by Crippen LogP contribution is -2.19. The van der Waals surface area contributed by atoms with E-state index in [9.17, 15) is 4.79 Å². The number of amides is 1. The minimum absolute atomic E-state index is 0.219. The maximum atomic E-state index is 12.6. The van der Waals surface area contributed by atoms with Gasteiger partial charge in [0.15, 0.2) is 5.76 Å². The third-order valence-corrected chi connectivity index (χ3v) is 4.96. The number of furan rings is 1. The Kier molecular flexibility index (Phi) is 5.58. The Morgan fingerprint density at radius 2 is 2.00 bits per heavy atom. The summed E-state index contributed by atoms with van der Waals surface area (Å²) in [5.41, 5.74) is 0.962. The van der Waals surface area contributed by atoms with Crippen molar-refractivity contribution in [2.24, 2.45) is 0 Å². The van der Waals surface area contributed by atoms with Crippen molar-refractivity contribution in [3.63, 3.8) is 0 Å². The molecule has 1 amide bonds. The van der Waals surface area contributed by atoms with Gasteiger partial charge in [-0.1, -0.05) is 13.8 Å².